The Morgan fingerprint density at radius 3 is 2.38 bits per heavy atom. The van der Waals surface area contributed by atoms with Gasteiger partial charge in [0.1, 0.15) is 6.61 Å². The Bertz CT molecular complexity index is 861. The number of rotatable bonds is 4. The maximum absolute atomic E-state index is 12.7. The van der Waals surface area contributed by atoms with Gasteiger partial charge in [0.05, 0.1) is 38.0 Å². The maximum atomic E-state index is 12.7. The normalized spacial score (nSPS) is 23.9. The first-order valence-electron chi connectivity index (χ1n) is 8.18. The molecule has 3 atom stereocenters. The summed E-state index contributed by atoms with van der Waals surface area (Å²) in [5.74, 6) is -0.0973. The van der Waals surface area contributed by atoms with Gasteiger partial charge in [0.25, 0.3) is 0 Å². The van der Waals surface area contributed by atoms with Crippen molar-refractivity contribution in [1.29, 1.82) is 0 Å². The summed E-state index contributed by atoms with van der Waals surface area (Å²) in [4.78, 5) is 25.9. The summed E-state index contributed by atoms with van der Waals surface area (Å²) < 4.78 is 21.5. The predicted molar refractivity (Wildman–Crippen MR) is 94.5 cm³/mol. The van der Waals surface area contributed by atoms with Crippen LogP contribution in [-0.4, -0.2) is 39.7 Å². The van der Waals surface area contributed by atoms with Gasteiger partial charge in [-0.3, -0.25) is 9.59 Å². The number of ketones is 1. The highest BCUT2D eigenvalue weighted by Gasteiger charge is 2.52. The Balaban J connectivity index is 1.92. The fourth-order valence-corrected chi connectivity index (χ4v) is 4.89. The van der Waals surface area contributed by atoms with Crippen LogP contribution >= 0.6 is 11.3 Å². The Labute approximate surface area is 154 Å². The summed E-state index contributed by atoms with van der Waals surface area (Å²) in [6.45, 7) is 0.139. The highest BCUT2D eigenvalue weighted by Crippen LogP contribution is 2.51. The average Bonchev–Trinajstić information content (AvgIpc) is 3.29. The van der Waals surface area contributed by atoms with E-state index in [1.54, 1.807) is 21.3 Å². The molecule has 2 aromatic rings. The van der Waals surface area contributed by atoms with Crippen molar-refractivity contribution in [3.05, 3.63) is 39.6 Å². The van der Waals surface area contributed by atoms with Gasteiger partial charge in [-0.2, -0.15) is 0 Å². The van der Waals surface area contributed by atoms with E-state index in [4.69, 9.17) is 18.9 Å². The topological polar surface area (TPSA) is 71.1 Å². The van der Waals surface area contributed by atoms with Crippen LogP contribution in [0.25, 0.3) is 0 Å². The SMILES string of the molecule is COc1cc([C@@H]2c3ccsc3C(=O)[C@H]3COC(=O)[C@@H]23)cc(OC)c1OC. The zero-order valence-corrected chi connectivity index (χ0v) is 15.4. The molecular formula is C19H18O6S. The second-order valence-corrected chi connectivity index (χ2v) is 7.18. The molecule has 4 rings (SSSR count). The summed E-state index contributed by atoms with van der Waals surface area (Å²) in [5.41, 5.74) is 1.69. The number of hydrogen-bond acceptors (Lipinski definition) is 7. The van der Waals surface area contributed by atoms with Crippen LogP contribution in [0.1, 0.15) is 26.7 Å². The molecule has 0 saturated carbocycles. The van der Waals surface area contributed by atoms with E-state index in [2.05, 4.69) is 0 Å². The van der Waals surface area contributed by atoms with Crippen molar-refractivity contribution < 1.29 is 28.5 Å². The first-order chi connectivity index (χ1) is 12.6. The van der Waals surface area contributed by atoms with Crippen molar-refractivity contribution in [2.24, 2.45) is 11.8 Å². The first kappa shape index (κ1) is 16.9. The van der Waals surface area contributed by atoms with Crippen LogP contribution < -0.4 is 14.2 Å². The fourth-order valence-electron chi connectivity index (χ4n) is 3.94. The van der Waals surface area contributed by atoms with E-state index in [-0.39, 0.29) is 24.3 Å². The summed E-state index contributed by atoms with van der Waals surface area (Å²) >= 11 is 1.41. The molecule has 0 spiro atoms. The molecule has 1 saturated heterocycles. The largest absolute Gasteiger partial charge is 0.493 e. The van der Waals surface area contributed by atoms with E-state index in [0.29, 0.717) is 22.1 Å². The van der Waals surface area contributed by atoms with Crippen molar-refractivity contribution in [2.45, 2.75) is 5.92 Å². The number of esters is 1. The number of hydrogen-bond donors (Lipinski definition) is 0. The van der Waals surface area contributed by atoms with Crippen molar-refractivity contribution >= 4 is 23.1 Å². The van der Waals surface area contributed by atoms with Gasteiger partial charge in [-0.15, -0.1) is 11.3 Å². The standard InChI is InChI=1S/C19H18O6S/c1-22-12-6-9(7-13(23-2)17(12)24-3)14-10-4-5-26-18(10)16(20)11-8-25-19(21)15(11)14/h4-7,11,14-15H,8H2,1-3H3/t11-,14+,15+/m0/s1. The Morgan fingerprint density at radius 2 is 1.77 bits per heavy atom. The molecule has 136 valence electrons. The van der Waals surface area contributed by atoms with E-state index in [9.17, 15) is 9.59 Å². The fraction of sp³-hybridized carbons (Fsp3) is 0.368. The molecule has 0 amide bonds. The summed E-state index contributed by atoms with van der Waals surface area (Å²) in [7, 11) is 4.64. The number of ether oxygens (including phenoxy) is 4. The van der Waals surface area contributed by atoms with Gasteiger partial charge in [-0.25, -0.2) is 0 Å². The van der Waals surface area contributed by atoms with Gasteiger partial charge >= 0.3 is 5.97 Å². The van der Waals surface area contributed by atoms with Gasteiger partial charge in [0.15, 0.2) is 17.3 Å². The summed E-state index contributed by atoms with van der Waals surface area (Å²) in [6, 6.07) is 5.59. The lowest BCUT2D eigenvalue weighted by atomic mass is 9.69. The van der Waals surface area contributed by atoms with Crippen LogP contribution in [-0.2, 0) is 9.53 Å². The second kappa shape index (κ2) is 6.32. The van der Waals surface area contributed by atoms with Crippen LogP contribution in [0.2, 0.25) is 0 Å². The van der Waals surface area contributed by atoms with Crippen molar-refractivity contribution in [2.75, 3.05) is 27.9 Å². The minimum atomic E-state index is -0.535. The molecule has 0 radical (unpaired) electrons. The minimum absolute atomic E-state index is 0.00505. The molecule has 2 aliphatic rings. The molecule has 0 bridgehead atoms. The smallest absolute Gasteiger partial charge is 0.310 e. The van der Waals surface area contributed by atoms with E-state index in [1.807, 2.05) is 23.6 Å². The molecule has 26 heavy (non-hydrogen) atoms. The highest BCUT2D eigenvalue weighted by atomic mass is 32.1. The first-order valence-corrected chi connectivity index (χ1v) is 9.06. The molecule has 0 unspecified atom stereocenters. The number of methoxy groups -OCH3 is 3. The van der Waals surface area contributed by atoms with Crippen LogP contribution in [0.3, 0.4) is 0 Å². The van der Waals surface area contributed by atoms with Gasteiger partial charge in [0.2, 0.25) is 5.75 Å². The molecular weight excluding hydrogens is 356 g/mol. The van der Waals surface area contributed by atoms with Crippen molar-refractivity contribution in [1.82, 2.24) is 0 Å². The quantitative estimate of drug-likeness (QED) is 0.767. The lowest BCUT2D eigenvalue weighted by Gasteiger charge is -2.30. The maximum Gasteiger partial charge on any atom is 0.310 e. The average molecular weight is 374 g/mol. The highest BCUT2D eigenvalue weighted by molar-refractivity contribution is 7.12. The van der Waals surface area contributed by atoms with E-state index < -0.39 is 11.8 Å². The van der Waals surface area contributed by atoms with Gasteiger partial charge in [-0.1, -0.05) is 0 Å². The number of fused-ring (bicyclic) bond motifs is 2. The lowest BCUT2D eigenvalue weighted by Crippen LogP contribution is -2.35. The zero-order chi connectivity index (χ0) is 18.4. The Kier molecular flexibility index (Phi) is 4.11. The lowest BCUT2D eigenvalue weighted by molar-refractivity contribution is -0.141. The molecule has 7 heteroatoms. The molecule has 1 aromatic heterocycles. The number of carbonyl (C=O) groups excluding carboxylic acids is 2. The van der Waals surface area contributed by atoms with Crippen molar-refractivity contribution in [3.63, 3.8) is 0 Å². The van der Waals surface area contributed by atoms with Crippen LogP contribution in [0.5, 0.6) is 17.2 Å². The third-order valence-electron chi connectivity index (χ3n) is 5.11. The molecule has 0 N–H and O–H groups in total. The number of carbonyl (C=O) groups is 2. The van der Waals surface area contributed by atoms with Crippen LogP contribution in [0, 0.1) is 11.8 Å². The predicted octanol–water partition coefficient (Wildman–Crippen LogP) is 2.89. The third-order valence-corrected chi connectivity index (χ3v) is 6.05. The van der Waals surface area contributed by atoms with Gasteiger partial charge in [0, 0.05) is 5.92 Å². The molecule has 1 fully saturated rings. The number of benzene rings is 1. The number of thiophene rings is 1. The molecule has 6 nitrogen and oxygen atoms in total. The van der Waals surface area contributed by atoms with E-state index >= 15 is 0 Å². The van der Waals surface area contributed by atoms with Gasteiger partial charge in [-0.05, 0) is 34.7 Å². The molecule has 1 aromatic carbocycles. The summed E-state index contributed by atoms with van der Waals surface area (Å²) in [6.07, 6.45) is 0. The number of cyclic esters (lactones) is 1. The third kappa shape index (κ3) is 2.30. The van der Waals surface area contributed by atoms with Crippen LogP contribution in [0.15, 0.2) is 23.6 Å². The second-order valence-electron chi connectivity index (χ2n) is 6.27. The molecule has 2 heterocycles. The number of Topliss-reactive ketones (excluding diaryl/α,β-unsaturated/α-hetero) is 1. The van der Waals surface area contributed by atoms with Crippen molar-refractivity contribution in [3.8, 4) is 17.2 Å². The zero-order valence-electron chi connectivity index (χ0n) is 14.6. The van der Waals surface area contributed by atoms with Crippen LogP contribution in [0.4, 0.5) is 0 Å². The monoisotopic (exact) mass is 374 g/mol. The Morgan fingerprint density at radius 1 is 1.08 bits per heavy atom. The summed E-state index contributed by atoms with van der Waals surface area (Å²) in [5, 5.41) is 1.89. The Hall–Kier alpha value is -2.54. The minimum Gasteiger partial charge on any atom is -0.493 e. The van der Waals surface area contributed by atoms with E-state index in [1.165, 1.54) is 11.3 Å². The molecule has 1 aliphatic heterocycles. The molecule has 1 aliphatic carbocycles. The van der Waals surface area contributed by atoms with Gasteiger partial charge < -0.3 is 18.9 Å². The van der Waals surface area contributed by atoms with E-state index in [0.717, 1.165) is 11.1 Å².